The van der Waals surface area contributed by atoms with E-state index in [1.54, 1.807) is 0 Å². The summed E-state index contributed by atoms with van der Waals surface area (Å²) in [7, 11) is 0. The summed E-state index contributed by atoms with van der Waals surface area (Å²) in [6.45, 7) is 1.99. The molecule has 0 spiro atoms. The van der Waals surface area contributed by atoms with Gasteiger partial charge in [-0.05, 0) is 31.6 Å². The maximum atomic E-state index is 11.9. The van der Waals surface area contributed by atoms with Gasteiger partial charge in [-0.3, -0.25) is 14.5 Å². The third-order valence-corrected chi connectivity index (χ3v) is 3.89. The standard InChI is InChI=1S/C14H23N3O2/c15-13(18)10-17-7-5-12(6-8-17)16-14(19)9-11-3-1-2-4-11/h1,3,11-12H,2,4-10H2,(H2,15,18)(H,16,19). The summed E-state index contributed by atoms with van der Waals surface area (Å²) in [4.78, 5) is 24.8. The van der Waals surface area contributed by atoms with Crippen molar-refractivity contribution in [2.24, 2.45) is 11.7 Å². The molecule has 106 valence electrons. The number of carbonyl (C=O) groups is 2. The van der Waals surface area contributed by atoms with Gasteiger partial charge in [0.2, 0.25) is 11.8 Å². The van der Waals surface area contributed by atoms with Crippen LogP contribution in [0.5, 0.6) is 0 Å². The van der Waals surface area contributed by atoms with E-state index in [0.717, 1.165) is 38.8 Å². The van der Waals surface area contributed by atoms with Gasteiger partial charge in [-0.15, -0.1) is 0 Å². The lowest BCUT2D eigenvalue weighted by Crippen LogP contribution is -2.46. The van der Waals surface area contributed by atoms with E-state index in [9.17, 15) is 9.59 Å². The van der Waals surface area contributed by atoms with Crippen LogP contribution < -0.4 is 11.1 Å². The summed E-state index contributed by atoms with van der Waals surface area (Å²) in [5.41, 5.74) is 5.17. The predicted molar refractivity (Wildman–Crippen MR) is 73.3 cm³/mol. The molecule has 1 saturated heterocycles. The molecule has 0 radical (unpaired) electrons. The van der Waals surface area contributed by atoms with Crippen molar-refractivity contribution in [1.82, 2.24) is 10.2 Å². The molecule has 1 aliphatic carbocycles. The second kappa shape index (κ2) is 6.70. The molecule has 19 heavy (non-hydrogen) atoms. The first-order chi connectivity index (χ1) is 9.13. The molecule has 5 heteroatoms. The monoisotopic (exact) mass is 265 g/mol. The Morgan fingerprint density at radius 1 is 1.26 bits per heavy atom. The molecule has 0 aromatic heterocycles. The summed E-state index contributed by atoms with van der Waals surface area (Å²) in [5.74, 6) is 0.301. The van der Waals surface area contributed by atoms with Crippen LogP contribution in [0.4, 0.5) is 0 Å². The number of allylic oxidation sites excluding steroid dienone is 2. The van der Waals surface area contributed by atoms with Crippen LogP contribution in [0.25, 0.3) is 0 Å². The van der Waals surface area contributed by atoms with E-state index in [1.165, 1.54) is 0 Å². The van der Waals surface area contributed by atoms with Crippen molar-refractivity contribution in [3.63, 3.8) is 0 Å². The quantitative estimate of drug-likeness (QED) is 0.707. The van der Waals surface area contributed by atoms with E-state index in [2.05, 4.69) is 17.5 Å². The number of rotatable bonds is 5. The molecular formula is C14H23N3O2. The minimum Gasteiger partial charge on any atom is -0.369 e. The van der Waals surface area contributed by atoms with Gasteiger partial charge in [-0.25, -0.2) is 0 Å². The van der Waals surface area contributed by atoms with Crippen molar-refractivity contribution in [3.05, 3.63) is 12.2 Å². The molecule has 2 aliphatic rings. The van der Waals surface area contributed by atoms with Crippen LogP contribution in [0.15, 0.2) is 12.2 Å². The van der Waals surface area contributed by atoms with E-state index in [0.29, 0.717) is 18.9 Å². The normalized spacial score (nSPS) is 24.5. The zero-order valence-electron chi connectivity index (χ0n) is 11.3. The first-order valence-corrected chi connectivity index (χ1v) is 7.10. The highest BCUT2D eigenvalue weighted by molar-refractivity contribution is 5.77. The largest absolute Gasteiger partial charge is 0.369 e. The van der Waals surface area contributed by atoms with E-state index >= 15 is 0 Å². The Morgan fingerprint density at radius 2 is 2.00 bits per heavy atom. The van der Waals surface area contributed by atoms with Gasteiger partial charge in [-0.1, -0.05) is 12.2 Å². The highest BCUT2D eigenvalue weighted by Crippen LogP contribution is 2.20. The lowest BCUT2D eigenvalue weighted by Gasteiger charge is -2.31. The Balaban J connectivity index is 1.65. The molecule has 0 aromatic carbocycles. The number of amides is 2. The summed E-state index contributed by atoms with van der Waals surface area (Å²) in [6.07, 6.45) is 8.92. The number of hydrogen-bond donors (Lipinski definition) is 2. The minimum absolute atomic E-state index is 0.157. The number of hydrogen-bond acceptors (Lipinski definition) is 3. The van der Waals surface area contributed by atoms with Crippen LogP contribution in [0.3, 0.4) is 0 Å². The molecule has 3 N–H and O–H groups in total. The molecule has 1 heterocycles. The summed E-state index contributed by atoms with van der Waals surface area (Å²) in [5, 5.41) is 3.10. The van der Waals surface area contributed by atoms with E-state index in [-0.39, 0.29) is 17.9 Å². The summed E-state index contributed by atoms with van der Waals surface area (Å²) >= 11 is 0. The predicted octanol–water partition coefficient (Wildman–Crippen LogP) is 0.409. The van der Waals surface area contributed by atoms with Gasteiger partial charge in [0.25, 0.3) is 0 Å². The third kappa shape index (κ3) is 4.67. The molecule has 1 fully saturated rings. The topological polar surface area (TPSA) is 75.4 Å². The number of carbonyl (C=O) groups excluding carboxylic acids is 2. The Kier molecular flexibility index (Phi) is 4.96. The maximum absolute atomic E-state index is 11.9. The zero-order valence-corrected chi connectivity index (χ0v) is 11.3. The average molecular weight is 265 g/mol. The first kappa shape index (κ1) is 14.1. The van der Waals surface area contributed by atoms with E-state index in [1.807, 2.05) is 4.90 Å². The zero-order chi connectivity index (χ0) is 13.7. The average Bonchev–Trinajstić information content (AvgIpc) is 2.83. The van der Waals surface area contributed by atoms with Gasteiger partial charge < -0.3 is 11.1 Å². The van der Waals surface area contributed by atoms with Gasteiger partial charge in [0.15, 0.2) is 0 Å². The molecule has 2 amide bonds. The van der Waals surface area contributed by atoms with Crippen LogP contribution in [-0.2, 0) is 9.59 Å². The fraction of sp³-hybridized carbons (Fsp3) is 0.714. The molecular weight excluding hydrogens is 242 g/mol. The second-order valence-corrected chi connectivity index (χ2v) is 5.55. The van der Waals surface area contributed by atoms with Gasteiger partial charge in [-0.2, -0.15) is 0 Å². The molecule has 1 atom stereocenters. The van der Waals surface area contributed by atoms with Crippen LogP contribution in [0.2, 0.25) is 0 Å². The van der Waals surface area contributed by atoms with Crippen molar-refractivity contribution in [2.45, 2.75) is 38.1 Å². The molecule has 2 rings (SSSR count). The lowest BCUT2D eigenvalue weighted by atomic mass is 10.0. The second-order valence-electron chi connectivity index (χ2n) is 5.55. The molecule has 0 aromatic rings. The highest BCUT2D eigenvalue weighted by Gasteiger charge is 2.22. The maximum Gasteiger partial charge on any atom is 0.231 e. The molecule has 0 saturated carbocycles. The van der Waals surface area contributed by atoms with Crippen LogP contribution in [0.1, 0.15) is 32.1 Å². The fourth-order valence-electron chi connectivity index (χ4n) is 2.85. The highest BCUT2D eigenvalue weighted by atomic mass is 16.2. The van der Waals surface area contributed by atoms with Crippen molar-refractivity contribution < 1.29 is 9.59 Å². The molecule has 5 nitrogen and oxygen atoms in total. The Hall–Kier alpha value is -1.36. The summed E-state index contributed by atoms with van der Waals surface area (Å²) < 4.78 is 0. The van der Waals surface area contributed by atoms with Crippen LogP contribution >= 0.6 is 0 Å². The van der Waals surface area contributed by atoms with Crippen molar-refractivity contribution in [1.29, 1.82) is 0 Å². The van der Waals surface area contributed by atoms with Crippen LogP contribution in [-0.4, -0.2) is 42.4 Å². The van der Waals surface area contributed by atoms with Gasteiger partial charge in [0.1, 0.15) is 0 Å². The van der Waals surface area contributed by atoms with Gasteiger partial charge >= 0.3 is 0 Å². The Labute approximate surface area is 114 Å². The van der Waals surface area contributed by atoms with E-state index < -0.39 is 0 Å². The van der Waals surface area contributed by atoms with Crippen molar-refractivity contribution >= 4 is 11.8 Å². The fourth-order valence-corrected chi connectivity index (χ4v) is 2.85. The minimum atomic E-state index is -0.282. The van der Waals surface area contributed by atoms with Gasteiger partial charge in [0.05, 0.1) is 6.54 Å². The van der Waals surface area contributed by atoms with Crippen LogP contribution in [0, 0.1) is 5.92 Å². The number of likely N-dealkylation sites (tertiary alicyclic amines) is 1. The smallest absolute Gasteiger partial charge is 0.231 e. The Bertz CT molecular complexity index is 360. The molecule has 1 aliphatic heterocycles. The van der Waals surface area contributed by atoms with E-state index in [4.69, 9.17) is 5.73 Å². The lowest BCUT2D eigenvalue weighted by molar-refractivity contribution is -0.123. The Morgan fingerprint density at radius 3 is 2.58 bits per heavy atom. The number of nitrogens with one attached hydrogen (secondary N) is 1. The number of nitrogens with zero attached hydrogens (tertiary/aromatic N) is 1. The number of primary amides is 1. The number of piperidine rings is 1. The molecule has 1 unspecified atom stereocenters. The third-order valence-electron chi connectivity index (χ3n) is 3.89. The number of nitrogens with two attached hydrogens (primary N) is 1. The van der Waals surface area contributed by atoms with Crippen molar-refractivity contribution in [3.8, 4) is 0 Å². The van der Waals surface area contributed by atoms with Gasteiger partial charge in [0, 0.05) is 25.6 Å². The first-order valence-electron chi connectivity index (χ1n) is 7.10. The SMILES string of the molecule is NC(=O)CN1CCC(NC(=O)CC2C=CCC2)CC1. The van der Waals surface area contributed by atoms with Crippen molar-refractivity contribution in [2.75, 3.05) is 19.6 Å². The molecule has 0 bridgehead atoms. The summed E-state index contributed by atoms with van der Waals surface area (Å²) in [6, 6.07) is 0.252.